The van der Waals surface area contributed by atoms with Gasteiger partial charge in [0.25, 0.3) is 0 Å². The second kappa shape index (κ2) is 11.5. The average Bonchev–Trinajstić information content (AvgIpc) is 3.19. The Morgan fingerprint density at radius 3 is 1.78 bits per heavy atom. The maximum atomic E-state index is 13.0. The lowest BCUT2D eigenvalue weighted by Crippen LogP contribution is -2.42. The zero-order valence-electron chi connectivity index (χ0n) is 19.8. The Balaban J connectivity index is 1.68. The fourth-order valence-corrected chi connectivity index (χ4v) is 4.04. The lowest BCUT2D eigenvalue weighted by Gasteiger charge is -2.24. The van der Waals surface area contributed by atoms with Crippen LogP contribution < -0.4 is 0 Å². The molecule has 0 aliphatic carbocycles. The van der Waals surface area contributed by atoms with Crippen LogP contribution in [0.2, 0.25) is 0 Å². The minimum atomic E-state index is -1.39. The van der Waals surface area contributed by atoms with E-state index in [-0.39, 0.29) is 23.1 Å². The summed E-state index contributed by atoms with van der Waals surface area (Å²) in [7, 11) is 0. The van der Waals surface area contributed by atoms with Gasteiger partial charge in [0.2, 0.25) is 12.4 Å². The standard InChI is InChI=1S/C28H24O9/c1-17(29)34-28-24(37-27(33)19-12-6-3-7-13-19)23(36-26(32)18-10-4-2-5-11-18)22(35-28)16-20-14-8-9-15-21(20)25(30)31/h2-15,22-24,28H,16H2,1H3,(H,30,31)/t22-,23-,24+,28?/m0/s1. The number of carbonyl (C=O) groups is 4. The van der Waals surface area contributed by atoms with Crippen molar-refractivity contribution < 1.29 is 43.2 Å². The highest BCUT2D eigenvalue weighted by Gasteiger charge is 2.51. The second-order valence-electron chi connectivity index (χ2n) is 8.29. The summed E-state index contributed by atoms with van der Waals surface area (Å²) in [5.74, 6) is -3.30. The minimum absolute atomic E-state index is 0.0215. The second-order valence-corrected chi connectivity index (χ2v) is 8.29. The highest BCUT2D eigenvalue weighted by atomic mass is 16.7. The molecule has 3 aromatic rings. The number of rotatable bonds is 8. The lowest BCUT2D eigenvalue weighted by atomic mass is 9.98. The summed E-state index contributed by atoms with van der Waals surface area (Å²) in [6.07, 6.45) is -4.93. The van der Waals surface area contributed by atoms with Gasteiger partial charge in [-0.15, -0.1) is 0 Å². The molecule has 1 aliphatic heterocycles. The first kappa shape index (κ1) is 25.6. The molecule has 4 rings (SSSR count). The van der Waals surface area contributed by atoms with Crippen molar-refractivity contribution in [3.63, 3.8) is 0 Å². The Morgan fingerprint density at radius 2 is 1.24 bits per heavy atom. The average molecular weight is 504 g/mol. The van der Waals surface area contributed by atoms with E-state index < -0.39 is 48.5 Å². The molecule has 9 heteroatoms. The van der Waals surface area contributed by atoms with Crippen LogP contribution in [0.4, 0.5) is 0 Å². The smallest absolute Gasteiger partial charge is 0.338 e. The highest BCUT2D eigenvalue weighted by Crippen LogP contribution is 2.32. The Labute approximate surface area is 212 Å². The van der Waals surface area contributed by atoms with Crippen molar-refractivity contribution in [2.45, 2.75) is 37.9 Å². The minimum Gasteiger partial charge on any atom is -0.478 e. The lowest BCUT2D eigenvalue weighted by molar-refractivity contribution is -0.186. The van der Waals surface area contributed by atoms with E-state index >= 15 is 0 Å². The number of hydrogen-bond acceptors (Lipinski definition) is 8. The number of esters is 3. The van der Waals surface area contributed by atoms with Gasteiger partial charge in [-0.25, -0.2) is 14.4 Å². The number of benzene rings is 3. The van der Waals surface area contributed by atoms with Gasteiger partial charge in [-0.2, -0.15) is 0 Å². The molecule has 190 valence electrons. The molecule has 0 spiro atoms. The monoisotopic (exact) mass is 504 g/mol. The molecule has 1 fully saturated rings. The maximum Gasteiger partial charge on any atom is 0.338 e. The van der Waals surface area contributed by atoms with Crippen LogP contribution in [0.3, 0.4) is 0 Å². The van der Waals surface area contributed by atoms with Gasteiger partial charge in [0.05, 0.1) is 16.7 Å². The predicted molar refractivity (Wildman–Crippen MR) is 129 cm³/mol. The van der Waals surface area contributed by atoms with Crippen molar-refractivity contribution in [3.8, 4) is 0 Å². The van der Waals surface area contributed by atoms with E-state index in [9.17, 15) is 24.3 Å². The number of carbonyl (C=O) groups excluding carboxylic acids is 3. The summed E-state index contributed by atoms with van der Waals surface area (Å²) in [5, 5.41) is 9.60. The van der Waals surface area contributed by atoms with Crippen LogP contribution in [0.5, 0.6) is 0 Å². The molecule has 0 aromatic heterocycles. The predicted octanol–water partition coefficient (Wildman–Crippen LogP) is 3.67. The molecule has 1 heterocycles. The quantitative estimate of drug-likeness (QED) is 0.361. The largest absolute Gasteiger partial charge is 0.478 e. The number of carboxylic acid groups (broad SMARTS) is 1. The Hall–Kier alpha value is -4.50. The van der Waals surface area contributed by atoms with Crippen LogP contribution in [0, 0.1) is 0 Å². The summed E-state index contributed by atoms with van der Waals surface area (Å²) in [5.41, 5.74) is 0.915. The van der Waals surface area contributed by atoms with Crippen molar-refractivity contribution in [1.82, 2.24) is 0 Å². The van der Waals surface area contributed by atoms with Crippen molar-refractivity contribution in [2.24, 2.45) is 0 Å². The van der Waals surface area contributed by atoms with E-state index in [0.29, 0.717) is 5.56 Å². The molecular formula is C28H24O9. The van der Waals surface area contributed by atoms with Gasteiger partial charge >= 0.3 is 23.9 Å². The molecule has 3 aromatic carbocycles. The molecule has 1 unspecified atom stereocenters. The molecule has 1 saturated heterocycles. The molecule has 1 N–H and O–H groups in total. The number of hydrogen-bond donors (Lipinski definition) is 1. The van der Waals surface area contributed by atoms with E-state index in [1.165, 1.54) is 6.07 Å². The van der Waals surface area contributed by atoms with Gasteiger partial charge in [-0.05, 0) is 35.9 Å². The zero-order valence-corrected chi connectivity index (χ0v) is 19.8. The molecular weight excluding hydrogens is 480 g/mol. The van der Waals surface area contributed by atoms with Crippen molar-refractivity contribution in [3.05, 3.63) is 107 Å². The van der Waals surface area contributed by atoms with E-state index in [1.807, 2.05) is 0 Å². The topological polar surface area (TPSA) is 125 Å². The molecule has 0 bridgehead atoms. The van der Waals surface area contributed by atoms with Gasteiger partial charge in [-0.3, -0.25) is 4.79 Å². The van der Waals surface area contributed by atoms with Gasteiger partial charge < -0.3 is 24.1 Å². The Morgan fingerprint density at radius 1 is 0.730 bits per heavy atom. The van der Waals surface area contributed by atoms with E-state index in [0.717, 1.165) is 6.92 Å². The molecule has 9 nitrogen and oxygen atoms in total. The number of aromatic carboxylic acids is 1. The Kier molecular flexibility index (Phi) is 7.95. The first-order chi connectivity index (χ1) is 17.8. The normalized spacial score (nSPS) is 20.6. The summed E-state index contributed by atoms with van der Waals surface area (Å²) in [6.45, 7) is 1.16. The molecule has 37 heavy (non-hydrogen) atoms. The molecule has 4 atom stereocenters. The van der Waals surface area contributed by atoms with E-state index in [1.54, 1.807) is 78.9 Å². The van der Waals surface area contributed by atoms with E-state index in [4.69, 9.17) is 18.9 Å². The van der Waals surface area contributed by atoms with Gasteiger partial charge in [0.15, 0.2) is 6.10 Å². The van der Waals surface area contributed by atoms with Gasteiger partial charge in [0, 0.05) is 13.3 Å². The highest BCUT2D eigenvalue weighted by molar-refractivity contribution is 5.91. The van der Waals surface area contributed by atoms with Crippen LogP contribution in [-0.2, 0) is 30.2 Å². The summed E-state index contributed by atoms with van der Waals surface area (Å²) >= 11 is 0. The summed E-state index contributed by atoms with van der Waals surface area (Å²) in [6, 6.07) is 22.6. The van der Waals surface area contributed by atoms with Crippen LogP contribution in [0.1, 0.15) is 43.6 Å². The summed E-state index contributed by atoms with van der Waals surface area (Å²) in [4.78, 5) is 49.5. The maximum absolute atomic E-state index is 13.0. The van der Waals surface area contributed by atoms with Gasteiger partial charge in [-0.1, -0.05) is 54.6 Å². The fraction of sp³-hybridized carbons (Fsp3) is 0.214. The first-order valence-electron chi connectivity index (χ1n) is 11.5. The van der Waals surface area contributed by atoms with Crippen LogP contribution in [0.25, 0.3) is 0 Å². The molecule has 0 saturated carbocycles. The molecule has 0 radical (unpaired) electrons. The number of carboxylic acids is 1. The van der Waals surface area contributed by atoms with E-state index in [2.05, 4.69) is 0 Å². The van der Waals surface area contributed by atoms with Crippen LogP contribution >= 0.6 is 0 Å². The van der Waals surface area contributed by atoms with Crippen LogP contribution in [-0.4, -0.2) is 53.6 Å². The van der Waals surface area contributed by atoms with Crippen molar-refractivity contribution in [1.29, 1.82) is 0 Å². The molecule has 0 amide bonds. The third-order valence-corrected chi connectivity index (χ3v) is 5.72. The van der Waals surface area contributed by atoms with Crippen molar-refractivity contribution in [2.75, 3.05) is 0 Å². The van der Waals surface area contributed by atoms with Crippen molar-refractivity contribution >= 4 is 23.9 Å². The third-order valence-electron chi connectivity index (χ3n) is 5.72. The summed E-state index contributed by atoms with van der Waals surface area (Å²) < 4.78 is 22.6. The SMILES string of the molecule is CC(=O)OC1O[C@@H](Cc2ccccc2C(=O)O)[C@H](OC(=O)c2ccccc2)[C@H]1OC(=O)c1ccccc1. The van der Waals surface area contributed by atoms with Crippen LogP contribution in [0.15, 0.2) is 84.9 Å². The van der Waals surface area contributed by atoms with Gasteiger partial charge in [0.1, 0.15) is 6.10 Å². The molecule has 1 aliphatic rings. The third kappa shape index (κ3) is 6.20. The number of ether oxygens (including phenoxy) is 4. The fourth-order valence-electron chi connectivity index (χ4n) is 4.04. The Bertz CT molecular complexity index is 1270. The first-order valence-corrected chi connectivity index (χ1v) is 11.5. The zero-order chi connectivity index (χ0) is 26.4.